The van der Waals surface area contributed by atoms with E-state index in [1.165, 1.54) is 32.4 Å². The molecule has 0 amide bonds. The summed E-state index contributed by atoms with van der Waals surface area (Å²) in [5.74, 6) is 1.19. The standard InChI is InChI=1S/C16H19Cl2N3O/c17-12-6-7-13(14(18)11-12)16-19-15(22-20-16)5-4-10-21-8-2-1-3-9-21/h6-7,11H,1-5,8-10H2. The van der Waals surface area contributed by atoms with Crippen molar-refractivity contribution in [3.8, 4) is 11.4 Å². The molecule has 0 aliphatic carbocycles. The predicted octanol–water partition coefficient (Wildman–Crippen LogP) is 4.46. The van der Waals surface area contributed by atoms with Gasteiger partial charge in [0, 0.05) is 17.0 Å². The van der Waals surface area contributed by atoms with E-state index >= 15 is 0 Å². The lowest BCUT2D eigenvalue weighted by Gasteiger charge is -2.25. The molecule has 0 bridgehead atoms. The number of hydrogen-bond donors (Lipinski definition) is 0. The van der Waals surface area contributed by atoms with Crippen molar-refractivity contribution >= 4 is 23.2 Å². The van der Waals surface area contributed by atoms with E-state index in [9.17, 15) is 0 Å². The Balaban J connectivity index is 1.56. The van der Waals surface area contributed by atoms with Gasteiger partial charge in [-0.3, -0.25) is 0 Å². The number of likely N-dealkylation sites (tertiary alicyclic amines) is 1. The maximum absolute atomic E-state index is 6.17. The highest BCUT2D eigenvalue weighted by atomic mass is 35.5. The van der Waals surface area contributed by atoms with Gasteiger partial charge in [-0.2, -0.15) is 4.98 Å². The molecule has 0 atom stereocenters. The van der Waals surface area contributed by atoms with E-state index in [4.69, 9.17) is 27.7 Å². The number of piperidine rings is 1. The molecule has 1 saturated heterocycles. The number of aromatic nitrogens is 2. The Morgan fingerprint density at radius 2 is 1.95 bits per heavy atom. The lowest BCUT2D eigenvalue weighted by molar-refractivity contribution is 0.223. The largest absolute Gasteiger partial charge is 0.339 e. The van der Waals surface area contributed by atoms with Crippen molar-refractivity contribution < 1.29 is 4.52 Å². The highest BCUT2D eigenvalue weighted by Crippen LogP contribution is 2.28. The highest BCUT2D eigenvalue weighted by Gasteiger charge is 2.13. The fraction of sp³-hybridized carbons (Fsp3) is 0.500. The summed E-state index contributed by atoms with van der Waals surface area (Å²) in [4.78, 5) is 6.94. The minimum Gasteiger partial charge on any atom is -0.339 e. The van der Waals surface area contributed by atoms with E-state index < -0.39 is 0 Å². The van der Waals surface area contributed by atoms with Crippen LogP contribution in [0.25, 0.3) is 11.4 Å². The van der Waals surface area contributed by atoms with E-state index in [1.807, 2.05) is 6.07 Å². The fourth-order valence-electron chi connectivity index (χ4n) is 2.77. The van der Waals surface area contributed by atoms with E-state index in [2.05, 4.69) is 15.0 Å². The minimum absolute atomic E-state index is 0.523. The van der Waals surface area contributed by atoms with Crippen LogP contribution in [-0.2, 0) is 6.42 Å². The number of benzene rings is 1. The van der Waals surface area contributed by atoms with E-state index in [0.717, 1.165) is 24.9 Å². The Labute approximate surface area is 140 Å². The summed E-state index contributed by atoms with van der Waals surface area (Å²) in [7, 11) is 0. The first-order valence-corrected chi connectivity index (χ1v) is 8.48. The van der Waals surface area contributed by atoms with Crippen molar-refractivity contribution in [3.63, 3.8) is 0 Å². The van der Waals surface area contributed by atoms with E-state index in [-0.39, 0.29) is 0 Å². The van der Waals surface area contributed by atoms with Crippen LogP contribution in [0.2, 0.25) is 10.0 Å². The zero-order valence-corrected chi connectivity index (χ0v) is 13.9. The van der Waals surface area contributed by atoms with Crippen LogP contribution in [0, 0.1) is 0 Å². The third-order valence-electron chi connectivity index (χ3n) is 3.95. The summed E-state index contributed by atoms with van der Waals surface area (Å²) in [6.45, 7) is 3.53. The van der Waals surface area contributed by atoms with Crippen LogP contribution in [0.3, 0.4) is 0 Å². The van der Waals surface area contributed by atoms with Crippen LogP contribution in [0.15, 0.2) is 22.7 Å². The van der Waals surface area contributed by atoms with Crippen LogP contribution in [0.1, 0.15) is 31.6 Å². The van der Waals surface area contributed by atoms with Crippen molar-refractivity contribution in [3.05, 3.63) is 34.1 Å². The Hall–Kier alpha value is -1.10. The Morgan fingerprint density at radius 3 is 2.73 bits per heavy atom. The second kappa shape index (κ2) is 7.44. The number of rotatable bonds is 5. The first-order chi connectivity index (χ1) is 10.7. The molecular weight excluding hydrogens is 321 g/mol. The smallest absolute Gasteiger partial charge is 0.227 e. The first kappa shape index (κ1) is 15.8. The molecule has 1 aliphatic rings. The molecule has 3 rings (SSSR count). The summed E-state index contributed by atoms with van der Waals surface area (Å²) in [5, 5.41) is 5.15. The fourth-order valence-corrected chi connectivity index (χ4v) is 3.27. The maximum Gasteiger partial charge on any atom is 0.227 e. The van der Waals surface area contributed by atoms with Gasteiger partial charge in [0.25, 0.3) is 0 Å². The molecule has 0 radical (unpaired) electrons. The third-order valence-corrected chi connectivity index (χ3v) is 4.50. The molecule has 1 aromatic heterocycles. The van der Waals surface area contributed by atoms with Crippen LogP contribution in [-0.4, -0.2) is 34.7 Å². The monoisotopic (exact) mass is 339 g/mol. The van der Waals surface area contributed by atoms with Gasteiger partial charge >= 0.3 is 0 Å². The first-order valence-electron chi connectivity index (χ1n) is 7.73. The normalized spacial score (nSPS) is 16.1. The van der Waals surface area contributed by atoms with Crippen molar-refractivity contribution in [1.82, 2.24) is 15.0 Å². The zero-order chi connectivity index (χ0) is 15.4. The molecule has 4 nitrogen and oxygen atoms in total. The lowest BCUT2D eigenvalue weighted by atomic mass is 10.1. The minimum atomic E-state index is 0.523. The van der Waals surface area contributed by atoms with Gasteiger partial charge in [0.1, 0.15) is 0 Å². The van der Waals surface area contributed by atoms with Crippen LogP contribution in [0.4, 0.5) is 0 Å². The molecule has 118 valence electrons. The van der Waals surface area contributed by atoms with Gasteiger partial charge in [0.2, 0.25) is 11.7 Å². The third kappa shape index (κ3) is 4.00. The van der Waals surface area contributed by atoms with Gasteiger partial charge < -0.3 is 9.42 Å². The Bertz CT molecular complexity index is 624. The van der Waals surface area contributed by atoms with Gasteiger partial charge in [0.05, 0.1) is 5.02 Å². The predicted molar refractivity (Wildman–Crippen MR) is 88.4 cm³/mol. The molecule has 0 unspecified atom stereocenters. The molecule has 0 N–H and O–H groups in total. The summed E-state index contributed by atoms with van der Waals surface area (Å²) in [6.07, 6.45) is 5.84. The Kier molecular flexibility index (Phi) is 5.34. The molecule has 0 saturated carbocycles. The lowest BCUT2D eigenvalue weighted by Crippen LogP contribution is -2.30. The van der Waals surface area contributed by atoms with Crippen LogP contribution in [0.5, 0.6) is 0 Å². The average Bonchev–Trinajstić information content (AvgIpc) is 2.97. The zero-order valence-electron chi connectivity index (χ0n) is 12.4. The van der Waals surface area contributed by atoms with Crippen molar-refractivity contribution in [2.45, 2.75) is 32.1 Å². The van der Waals surface area contributed by atoms with Crippen molar-refractivity contribution in [1.29, 1.82) is 0 Å². The SMILES string of the molecule is Clc1ccc(-c2noc(CCCN3CCCCC3)n2)c(Cl)c1. The van der Waals surface area contributed by atoms with Gasteiger partial charge in [-0.1, -0.05) is 34.8 Å². The molecular formula is C16H19Cl2N3O. The van der Waals surface area contributed by atoms with Crippen molar-refractivity contribution in [2.75, 3.05) is 19.6 Å². The second-order valence-electron chi connectivity index (χ2n) is 5.64. The molecule has 1 aromatic carbocycles. The summed E-state index contributed by atoms with van der Waals surface area (Å²) < 4.78 is 5.32. The van der Waals surface area contributed by atoms with Crippen LogP contribution >= 0.6 is 23.2 Å². The maximum atomic E-state index is 6.17. The number of halogens is 2. The van der Waals surface area contributed by atoms with E-state index in [0.29, 0.717) is 21.8 Å². The second-order valence-corrected chi connectivity index (χ2v) is 6.49. The van der Waals surface area contributed by atoms with Crippen LogP contribution < -0.4 is 0 Å². The molecule has 6 heteroatoms. The molecule has 1 fully saturated rings. The molecule has 1 aliphatic heterocycles. The summed E-state index contributed by atoms with van der Waals surface area (Å²) >= 11 is 12.1. The molecule has 22 heavy (non-hydrogen) atoms. The summed E-state index contributed by atoms with van der Waals surface area (Å²) in [5.41, 5.74) is 0.747. The van der Waals surface area contributed by atoms with Gasteiger partial charge in [0.15, 0.2) is 0 Å². The van der Waals surface area contributed by atoms with Gasteiger partial charge in [-0.25, -0.2) is 0 Å². The molecule has 0 spiro atoms. The molecule has 2 heterocycles. The number of hydrogen-bond acceptors (Lipinski definition) is 4. The average molecular weight is 340 g/mol. The summed E-state index contributed by atoms with van der Waals surface area (Å²) in [6, 6.07) is 5.27. The van der Waals surface area contributed by atoms with Gasteiger partial charge in [-0.15, -0.1) is 0 Å². The molecule has 2 aromatic rings. The Morgan fingerprint density at radius 1 is 1.14 bits per heavy atom. The highest BCUT2D eigenvalue weighted by molar-refractivity contribution is 6.36. The van der Waals surface area contributed by atoms with Crippen molar-refractivity contribution in [2.24, 2.45) is 0 Å². The van der Waals surface area contributed by atoms with Gasteiger partial charge in [-0.05, 0) is 57.1 Å². The number of aryl methyl sites for hydroxylation is 1. The van der Waals surface area contributed by atoms with E-state index in [1.54, 1.807) is 12.1 Å². The number of nitrogens with zero attached hydrogens (tertiary/aromatic N) is 3. The topological polar surface area (TPSA) is 42.2 Å². The quantitative estimate of drug-likeness (QED) is 0.806.